The molecule has 1 fully saturated rings. The summed E-state index contributed by atoms with van der Waals surface area (Å²) in [7, 11) is 1.70. The van der Waals surface area contributed by atoms with Crippen molar-refractivity contribution in [2.45, 2.75) is 44.7 Å². The van der Waals surface area contributed by atoms with Crippen LogP contribution >= 0.6 is 0 Å². The van der Waals surface area contributed by atoms with Crippen LogP contribution in [-0.4, -0.2) is 38.1 Å². The van der Waals surface area contributed by atoms with Crippen molar-refractivity contribution in [3.63, 3.8) is 0 Å². The van der Waals surface area contributed by atoms with Crippen LogP contribution in [0.25, 0.3) is 0 Å². The molecule has 0 spiro atoms. The van der Waals surface area contributed by atoms with E-state index >= 15 is 0 Å². The molecule has 3 unspecified atom stereocenters. The smallest absolute Gasteiger partial charge is 0.109 e. The van der Waals surface area contributed by atoms with E-state index < -0.39 is 0 Å². The Labute approximate surface area is 86.0 Å². The first-order chi connectivity index (χ1) is 6.69. The molecule has 0 N–H and O–H groups in total. The fourth-order valence-electron chi connectivity index (χ4n) is 1.96. The summed E-state index contributed by atoms with van der Waals surface area (Å²) in [6.07, 6.45) is 3.14. The van der Waals surface area contributed by atoms with Crippen LogP contribution in [0.5, 0.6) is 0 Å². The first-order valence-electron chi connectivity index (χ1n) is 5.09. The Morgan fingerprint density at radius 3 is 2.79 bits per heavy atom. The lowest BCUT2D eigenvalue weighted by molar-refractivity contribution is -0.180. The lowest BCUT2D eigenvalue weighted by Crippen LogP contribution is -2.48. The van der Waals surface area contributed by atoms with E-state index in [0.29, 0.717) is 6.61 Å². The molecule has 3 nitrogen and oxygen atoms in total. The van der Waals surface area contributed by atoms with Gasteiger partial charge in [0, 0.05) is 13.5 Å². The van der Waals surface area contributed by atoms with Gasteiger partial charge in [0.2, 0.25) is 0 Å². The van der Waals surface area contributed by atoms with E-state index in [1.54, 1.807) is 13.2 Å². The minimum Gasteiger partial charge on any atom is -0.376 e. The molecule has 0 aromatic heterocycles. The summed E-state index contributed by atoms with van der Waals surface area (Å²) in [5.74, 6) is 0. The van der Waals surface area contributed by atoms with Crippen molar-refractivity contribution in [3.8, 4) is 0 Å². The predicted molar refractivity (Wildman–Crippen MR) is 55.4 cm³/mol. The van der Waals surface area contributed by atoms with Crippen molar-refractivity contribution in [1.82, 2.24) is 0 Å². The van der Waals surface area contributed by atoms with E-state index in [-0.39, 0.29) is 24.4 Å². The average molecular weight is 200 g/mol. The zero-order chi connectivity index (χ0) is 10.6. The SMILES string of the molecule is C=CCOC1CC(C)O[C@@H](C)C1OC. The topological polar surface area (TPSA) is 27.7 Å². The molecular formula is C11H20O3. The van der Waals surface area contributed by atoms with E-state index in [1.807, 2.05) is 6.92 Å². The maximum absolute atomic E-state index is 5.67. The van der Waals surface area contributed by atoms with E-state index in [4.69, 9.17) is 14.2 Å². The van der Waals surface area contributed by atoms with Gasteiger partial charge in [-0.3, -0.25) is 0 Å². The third kappa shape index (κ3) is 2.80. The van der Waals surface area contributed by atoms with Crippen molar-refractivity contribution in [2.24, 2.45) is 0 Å². The fourth-order valence-corrected chi connectivity index (χ4v) is 1.96. The molecule has 4 atom stereocenters. The Bertz CT molecular complexity index is 181. The highest BCUT2D eigenvalue weighted by atomic mass is 16.6. The van der Waals surface area contributed by atoms with Crippen molar-refractivity contribution in [3.05, 3.63) is 12.7 Å². The molecule has 0 aliphatic carbocycles. The Morgan fingerprint density at radius 1 is 1.50 bits per heavy atom. The van der Waals surface area contributed by atoms with Gasteiger partial charge in [-0.1, -0.05) is 6.08 Å². The Hall–Kier alpha value is -0.380. The zero-order valence-corrected chi connectivity index (χ0v) is 9.23. The van der Waals surface area contributed by atoms with E-state index in [2.05, 4.69) is 13.5 Å². The lowest BCUT2D eigenvalue weighted by atomic mass is 9.99. The second kappa shape index (κ2) is 5.49. The first kappa shape index (κ1) is 11.7. The molecule has 0 amide bonds. The van der Waals surface area contributed by atoms with Crippen molar-refractivity contribution >= 4 is 0 Å². The highest BCUT2D eigenvalue weighted by molar-refractivity contribution is 4.84. The van der Waals surface area contributed by atoms with E-state index in [1.165, 1.54) is 0 Å². The van der Waals surface area contributed by atoms with Crippen LogP contribution in [0.4, 0.5) is 0 Å². The zero-order valence-electron chi connectivity index (χ0n) is 9.23. The third-order valence-electron chi connectivity index (χ3n) is 2.54. The van der Waals surface area contributed by atoms with Gasteiger partial charge in [0.1, 0.15) is 6.10 Å². The first-order valence-corrected chi connectivity index (χ1v) is 5.09. The molecule has 0 aromatic rings. The summed E-state index contributed by atoms with van der Waals surface area (Å²) in [6.45, 7) is 8.29. The maximum atomic E-state index is 5.67. The summed E-state index contributed by atoms with van der Waals surface area (Å²) in [5, 5.41) is 0. The standard InChI is InChI=1S/C11H20O3/c1-5-6-13-10-7-8(2)14-9(3)11(10)12-4/h5,8-11H,1,6-7H2,2-4H3/t8?,9-,10?,11?/m0/s1. The number of hydrogen-bond acceptors (Lipinski definition) is 3. The average Bonchev–Trinajstić information content (AvgIpc) is 2.14. The molecule has 1 rings (SSSR count). The van der Waals surface area contributed by atoms with Crippen LogP contribution in [0.15, 0.2) is 12.7 Å². The van der Waals surface area contributed by atoms with E-state index in [9.17, 15) is 0 Å². The molecule has 0 radical (unpaired) electrons. The normalized spacial score (nSPS) is 38.2. The van der Waals surface area contributed by atoms with Gasteiger partial charge < -0.3 is 14.2 Å². The minimum absolute atomic E-state index is 0.0335. The molecule has 82 valence electrons. The van der Waals surface area contributed by atoms with Gasteiger partial charge in [0.15, 0.2) is 0 Å². The second-order valence-electron chi connectivity index (χ2n) is 3.75. The van der Waals surface area contributed by atoms with Crippen LogP contribution in [0.2, 0.25) is 0 Å². The molecule has 0 aromatic carbocycles. The van der Waals surface area contributed by atoms with Gasteiger partial charge in [-0.2, -0.15) is 0 Å². The monoisotopic (exact) mass is 200 g/mol. The number of hydrogen-bond donors (Lipinski definition) is 0. The second-order valence-corrected chi connectivity index (χ2v) is 3.75. The Morgan fingerprint density at radius 2 is 2.21 bits per heavy atom. The van der Waals surface area contributed by atoms with Crippen LogP contribution in [0, 0.1) is 0 Å². The molecule has 0 saturated carbocycles. The van der Waals surface area contributed by atoms with Gasteiger partial charge in [-0.05, 0) is 13.8 Å². The summed E-state index contributed by atoms with van der Waals surface area (Å²) in [5.41, 5.74) is 0. The number of rotatable bonds is 4. The van der Waals surface area contributed by atoms with Crippen LogP contribution in [-0.2, 0) is 14.2 Å². The third-order valence-corrected chi connectivity index (χ3v) is 2.54. The molecule has 1 aliphatic rings. The molecule has 1 saturated heterocycles. The van der Waals surface area contributed by atoms with Crippen molar-refractivity contribution in [2.75, 3.05) is 13.7 Å². The van der Waals surface area contributed by atoms with Gasteiger partial charge >= 0.3 is 0 Å². The molecule has 1 aliphatic heterocycles. The van der Waals surface area contributed by atoms with Crippen LogP contribution in [0.1, 0.15) is 20.3 Å². The van der Waals surface area contributed by atoms with Gasteiger partial charge in [-0.25, -0.2) is 0 Å². The number of methoxy groups -OCH3 is 1. The van der Waals surface area contributed by atoms with Gasteiger partial charge in [-0.15, -0.1) is 6.58 Å². The molecule has 14 heavy (non-hydrogen) atoms. The quantitative estimate of drug-likeness (QED) is 0.647. The summed E-state index contributed by atoms with van der Waals surface area (Å²) in [6, 6.07) is 0. The Kier molecular flexibility index (Phi) is 4.58. The van der Waals surface area contributed by atoms with Crippen LogP contribution < -0.4 is 0 Å². The summed E-state index contributed by atoms with van der Waals surface area (Å²) < 4.78 is 16.7. The van der Waals surface area contributed by atoms with Gasteiger partial charge in [0.05, 0.1) is 24.9 Å². The number of ether oxygens (including phenoxy) is 3. The molecule has 1 heterocycles. The maximum Gasteiger partial charge on any atom is 0.109 e. The largest absolute Gasteiger partial charge is 0.376 e. The van der Waals surface area contributed by atoms with Crippen molar-refractivity contribution < 1.29 is 14.2 Å². The Balaban J connectivity index is 2.53. The van der Waals surface area contributed by atoms with Crippen molar-refractivity contribution in [1.29, 1.82) is 0 Å². The fraction of sp³-hybridized carbons (Fsp3) is 0.818. The highest BCUT2D eigenvalue weighted by Gasteiger charge is 2.35. The predicted octanol–water partition coefficient (Wildman–Crippen LogP) is 1.77. The van der Waals surface area contributed by atoms with Gasteiger partial charge in [0.25, 0.3) is 0 Å². The molecule has 0 bridgehead atoms. The highest BCUT2D eigenvalue weighted by Crippen LogP contribution is 2.24. The summed E-state index contributed by atoms with van der Waals surface area (Å²) >= 11 is 0. The summed E-state index contributed by atoms with van der Waals surface area (Å²) in [4.78, 5) is 0. The van der Waals surface area contributed by atoms with Crippen LogP contribution in [0.3, 0.4) is 0 Å². The lowest BCUT2D eigenvalue weighted by Gasteiger charge is -2.38. The van der Waals surface area contributed by atoms with E-state index in [0.717, 1.165) is 6.42 Å². The molecular weight excluding hydrogens is 180 g/mol. The minimum atomic E-state index is 0.0335. The molecule has 3 heteroatoms.